The molecular formula is C27H43NO3. The Morgan fingerprint density at radius 3 is 1.97 bits per heavy atom. The number of amides is 1. The van der Waals surface area contributed by atoms with Gasteiger partial charge in [-0.05, 0) is 37.7 Å². The van der Waals surface area contributed by atoms with Crippen LogP contribution >= 0.6 is 0 Å². The molecule has 0 aliphatic rings. The summed E-state index contributed by atoms with van der Waals surface area (Å²) in [4.78, 5) is 23.5. The molecule has 1 atom stereocenters. The van der Waals surface area contributed by atoms with Crippen LogP contribution in [0.5, 0.6) is 0 Å². The molecule has 2 N–H and O–H groups in total. The molecule has 0 bridgehead atoms. The molecule has 4 heteroatoms. The highest BCUT2D eigenvalue weighted by Crippen LogP contribution is 2.10. The van der Waals surface area contributed by atoms with E-state index in [0.29, 0.717) is 12.8 Å². The molecule has 1 aromatic carbocycles. The molecule has 0 spiro atoms. The number of rotatable bonds is 19. The van der Waals surface area contributed by atoms with Gasteiger partial charge in [0, 0.05) is 12.8 Å². The van der Waals surface area contributed by atoms with E-state index in [1.807, 2.05) is 30.3 Å². The summed E-state index contributed by atoms with van der Waals surface area (Å²) >= 11 is 0. The minimum Gasteiger partial charge on any atom is -0.480 e. The van der Waals surface area contributed by atoms with Crippen molar-refractivity contribution >= 4 is 11.9 Å². The number of benzene rings is 1. The fourth-order valence-corrected chi connectivity index (χ4v) is 3.67. The van der Waals surface area contributed by atoms with Crippen molar-refractivity contribution < 1.29 is 14.7 Å². The van der Waals surface area contributed by atoms with Gasteiger partial charge in [0.25, 0.3) is 0 Å². The van der Waals surface area contributed by atoms with Crippen LogP contribution in [0.3, 0.4) is 0 Å². The van der Waals surface area contributed by atoms with Gasteiger partial charge in [0.2, 0.25) is 5.91 Å². The second-order valence-corrected chi connectivity index (χ2v) is 8.48. The summed E-state index contributed by atoms with van der Waals surface area (Å²) in [6, 6.07) is 8.55. The number of nitrogens with one attached hydrogen (secondary N) is 1. The van der Waals surface area contributed by atoms with Crippen LogP contribution in [0.2, 0.25) is 0 Å². The quantitative estimate of drug-likeness (QED) is 0.187. The highest BCUT2D eigenvalue weighted by Gasteiger charge is 2.19. The van der Waals surface area contributed by atoms with Crippen LogP contribution in [0.15, 0.2) is 42.5 Å². The molecule has 1 aromatic rings. The van der Waals surface area contributed by atoms with Crippen molar-refractivity contribution in [3.63, 3.8) is 0 Å². The summed E-state index contributed by atoms with van der Waals surface area (Å²) in [5, 5.41) is 12.0. The number of hydrogen-bond donors (Lipinski definition) is 2. The standard InChI is InChI=1S/C27H43NO3/c1-2-3-4-5-6-7-8-9-10-11-12-13-14-15-19-22-26(29)28-25(27(30)31)23-24-20-17-16-18-21-24/h9-10,16-18,20-21,25H,2-8,11-15,19,22-23H2,1H3,(H,28,29)(H,30,31)/b10-9+. The van der Waals surface area contributed by atoms with E-state index in [4.69, 9.17) is 0 Å². The number of allylic oxidation sites excluding steroid dienone is 2. The van der Waals surface area contributed by atoms with E-state index >= 15 is 0 Å². The number of hydrogen-bond acceptors (Lipinski definition) is 2. The van der Waals surface area contributed by atoms with Crippen molar-refractivity contribution in [3.05, 3.63) is 48.0 Å². The largest absolute Gasteiger partial charge is 0.480 e. The van der Waals surface area contributed by atoms with E-state index in [1.165, 1.54) is 57.8 Å². The highest BCUT2D eigenvalue weighted by atomic mass is 16.4. The van der Waals surface area contributed by atoms with Crippen LogP contribution in [0.25, 0.3) is 0 Å². The molecule has 0 heterocycles. The molecule has 1 unspecified atom stereocenters. The third-order valence-corrected chi connectivity index (χ3v) is 5.58. The Hall–Kier alpha value is -2.10. The zero-order valence-corrected chi connectivity index (χ0v) is 19.5. The molecule has 0 aliphatic carbocycles. The summed E-state index contributed by atoms with van der Waals surface area (Å²) in [6.07, 6.45) is 21.2. The number of carbonyl (C=O) groups excluding carboxylic acids is 1. The van der Waals surface area contributed by atoms with E-state index < -0.39 is 12.0 Å². The van der Waals surface area contributed by atoms with Crippen LogP contribution in [0, 0.1) is 0 Å². The number of unbranched alkanes of at least 4 members (excludes halogenated alkanes) is 11. The lowest BCUT2D eigenvalue weighted by Crippen LogP contribution is -2.42. The molecule has 0 saturated carbocycles. The maximum Gasteiger partial charge on any atom is 0.326 e. The van der Waals surface area contributed by atoms with Crippen LogP contribution in [-0.2, 0) is 16.0 Å². The zero-order valence-electron chi connectivity index (χ0n) is 19.5. The number of carboxylic acids is 1. The first-order chi connectivity index (χ1) is 15.1. The molecule has 174 valence electrons. The van der Waals surface area contributed by atoms with Crippen molar-refractivity contribution in [2.24, 2.45) is 0 Å². The third kappa shape index (κ3) is 15.4. The van der Waals surface area contributed by atoms with Gasteiger partial charge in [-0.3, -0.25) is 4.79 Å². The molecule has 0 saturated heterocycles. The lowest BCUT2D eigenvalue weighted by atomic mass is 10.1. The molecule has 1 amide bonds. The fourth-order valence-electron chi connectivity index (χ4n) is 3.67. The summed E-state index contributed by atoms with van der Waals surface area (Å²) < 4.78 is 0. The van der Waals surface area contributed by atoms with Gasteiger partial charge in [-0.2, -0.15) is 0 Å². The summed E-state index contributed by atoms with van der Waals surface area (Å²) in [7, 11) is 0. The Morgan fingerprint density at radius 2 is 1.39 bits per heavy atom. The van der Waals surface area contributed by atoms with Crippen LogP contribution in [0.4, 0.5) is 0 Å². The van der Waals surface area contributed by atoms with Gasteiger partial charge in [-0.25, -0.2) is 4.79 Å². The summed E-state index contributed by atoms with van der Waals surface area (Å²) in [5.41, 5.74) is 0.913. The molecule has 4 nitrogen and oxygen atoms in total. The van der Waals surface area contributed by atoms with Crippen molar-refractivity contribution in [1.29, 1.82) is 0 Å². The van der Waals surface area contributed by atoms with Crippen molar-refractivity contribution in [1.82, 2.24) is 5.32 Å². The van der Waals surface area contributed by atoms with Gasteiger partial charge in [0.15, 0.2) is 0 Å². The first-order valence-electron chi connectivity index (χ1n) is 12.3. The second kappa shape index (κ2) is 18.7. The molecule has 0 fully saturated rings. The average Bonchev–Trinajstić information content (AvgIpc) is 2.76. The number of carboxylic acid groups (broad SMARTS) is 1. The van der Waals surface area contributed by atoms with E-state index in [1.54, 1.807) is 0 Å². The normalized spacial score (nSPS) is 12.2. The predicted octanol–water partition coefficient (Wildman–Crippen LogP) is 6.84. The van der Waals surface area contributed by atoms with Crippen molar-refractivity contribution in [3.8, 4) is 0 Å². The first-order valence-corrected chi connectivity index (χ1v) is 12.3. The molecule has 0 aromatic heterocycles. The van der Waals surface area contributed by atoms with Crippen molar-refractivity contribution in [2.75, 3.05) is 0 Å². The number of carbonyl (C=O) groups is 2. The van der Waals surface area contributed by atoms with Crippen molar-refractivity contribution in [2.45, 2.75) is 109 Å². The van der Waals surface area contributed by atoms with Crippen LogP contribution in [0.1, 0.15) is 102 Å². The summed E-state index contributed by atoms with van der Waals surface area (Å²) in [5.74, 6) is -1.15. The highest BCUT2D eigenvalue weighted by molar-refractivity contribution is 5.83. The average molecular weight is 430 g/mol. The molecule has 0 aliphatic heterocycles. The SMILES string of the molecule is CCCCCCCC/C=C/CCCCCCCC(=O)NC(Cc1ccccc1)C(=O)O. The third-order valence-electron chi connectivity index (χ3n) is 5.58. The second-order valence-electron chi connectivity index (χ2n) is 8.48. The lowest BCUT2D eigenvalue weighted by Gasteiger charge is -2.14. The van der Waals surface area contributed by atoms with E-state index in [0.717, 1.165) is 31.2 Å². The van der Waals surface area contributed by atoms with E-state index in [9.17, 15) is 14.7 Å². The fraction of sp³-hybridized carbons (Fsp3) is 0.630. The van der Waals surface area contributed by atoms with Gasteiger partial charge >= 0.3 is 5.97 Å². The minimum atomic E-state index is -0.984. The smallest absolute Gasteiger partial charge is 0.326 e. The number of aliphatic carboxylic acids is 1. The Balaban J connectivity index is 2.00. The molecular weight excluding hydrogens is 386 g/mol. The molecule has 31 heavy (non-hydrogen) atoms. The van der Waals surface area contributed by atoms with E-state index in [-0.39, 0.29) is 5.91 Å². The van der Waals surface area contributed by atoms with Crippen LogP contribution in [-0.4, -0.2) is 23.0 Å². The van der Waals surface area contributed by atoms with Gasteiger partial charge in [0.05, 0.1) is 0 Å². The minimum absolute atomic E-state index is 0.166. The topological polar surface area (TPSA) is 66.4 Å². The maximum absolute atomic E-state index is 12.1. The van der Waals surface area contributed by atoms with Gasteiger partial charge in [0.1, 0.15) is 6.04 Å². The molecule has 1 rings (SSSR count). The molecule has 0 radical (unpaired) electrons. The predicted molar refractivity (Wildman–Crippen MR) is 129 cm³/mol. The first kappa shape index (κ1) is 26.9. The Labute approximate surface area is 189 Å². The maximum atomic E-state index is 12.1. The Morgan fingerprint density at radius 1 is 0.839 bits per heavy atom. The Kier molecular flexibility index (Phi) is 16.2. The Bertz CT molecular complexity index is 612. The monoisotopic (exact) mass is 429 g/mol. The van der Waals surface area contributed by atoms with Gasteiger partial charge < -0.3 is 10.4 Å². The van der Waals surface area contributed by atoms with Gasteiger partial charge in [-0.15, -0.1) is 0 Å². The summed E-state index contributed by atoms with van der Waals surface area (Å²) in [6.45, 7) is 2.25. The van der Waals surface area contributed by atoms with Gasteiger partial charge in [-0.1, -0.05) is 101 Å². The van der Waals surface area contributed by atoms with E-state index in [2.05, 4.69) is 24.4 Å². The van der Waals surface area contributed by atoms with Crippen LogP contribution < -0.4 is 5.32 Å². The zero-order chi connectivity index (χ0) is 22.6. The lowest BCUT2D eigenvalue weighted by molar-refractivity contribution is -0.141.